The van der Waals surface area contributed by atoms with E-state index in [0.29, 0.717) is 24.9 Å². The number of carboxylic acids is 1. The Labute approximate surface area is 141 Å². The minimum absolute atomic E-state index is 0.0479. The average Bonchev–Trinajstić information content (AvgIpc) is 2.54. The lowest BCUT2D eigenvalue weighted by molar-refractivity contribution is -0.160. The first-order valence-corrected chi connectivity index (χ1v) is 8.01. The molecule has 1 unspecified atom stereocenters. The number of aliphatic carboxylic acids is 1. The molecule has 24 heavy (non-hydrogen) atoms. The Hall–Kier alpha value is -1.95. The third-order valence-corrected chi connectivity index (χ3v) is 4.82. The maximum absolute atomic E-state index is 14.1. The summed E-state index contributed by atoms with van der Waals surface area (Å²) in [6.45, 7) is 3.93. The molecule has 1 amide bonds. The average molecular weight is 337 g/mol. The molecule has 0 bridgehead atoms. The Kier molecular flexibility index (Phi) is 5.28. The van der Waals surface area contributed by atoms with Gasteiger partial charge in [-0.05, 0) is 32.8 Å². The lowest BCUT2D eigenvalue weighted by Crippen LogP contribution is -2.55. The summed E-state index contributed by atoms with van der Waals surface area (Å²) in [5.41, 5.74) is -1.86. The number of hydrogen-bond acceptors (Lipinski definition) is 3. The third kappa shape index (κ3) is 3.29. The normalized spacial score (nSPS) is 21.6. The van der Waals surface area contributed by atoms with Crippen molar-refractivity contribution in [2.45, 2.75) is 32.1 Å². The number of carbonyl (C=O) groups excluding carboxylic acids is 1. The van der Waals surface area contributed by atoms with Gasteiger partial charge < -0.3 is 14.7 Å². The second-order valence-electron chi connectivity index (χ2n) is 6.95. The van der Waals surface area contributed by atoms with Crippen LogP contribution < -0.4 is 0 Å². The molecule has 5 nitrogen and oxygen atoms in total. The molecule has 1 atom stereocenters. The number of benzene rings is 1. The van der Waals surface area contributed by atoms with E-state index in [0.717, 1.165) is 0 Å². The maximum Gasteiger partial charge on any atom is 0.313 e. The molecule has 1 saturated heterocycles. The van der Waals surface area contributed by atoms with Gasteiger partial charge in [-0.25, -0.2) is 4.39 Å². The van der Waals surface area contributed by atoms with Crippen molar-refractivity contribution in [3.63, 3.8) is 0 Å². The van der Waals surface area contributed by atoms with Crippen molar-refractivity contribution in [3.8, 4) is 0 Å². The molecule has 0 radical (unpaired) electrons. The Morgan fingerprint density at radius 3 is 2.62 bits per heavy atom. The Bertz CT molecular complexity index is 627. The van der Waals surface area contributed by atoms with Crippen LogP contribution in [-0.4, -0.2) is 48.7 Å². The van der Waals surface area contributed by atoms with Crippen molar-refractivity contribution in [2.75, 3.05) is 26.8 Å². The highest BCUT2D eigenvalue weighted by molar-refractivity contribution is 5.88. The minimum Gasteiger partial charge on any atom is -0.481 e. The van der Waals surface area contributed by atoms with Gasteiger partial charge in [-0.3, -0.25) is 9.59 Å². The number of nitrogens with zero attached hydrogens (tertiary/aromatic N) is 1. The number of methoxy groups -OCH3 is 1. The number of amides is 1. The van der Waals surface area contributed by atoms with E-state index in [1.165, 1.54) is 18.1 Å². The van der Waals surface area contributed by atoms with Crippen molar-refractivity contribution >= 4 is 11.9 Å². The molecule has 1 fully saturated rings. The monoisotopic (exact) mass is 337 g/mol. The van der Waals surface area contributed by atoms with Gasteiger partial charge in [-0.2, -0.15) is 0 Å². The van der Waals surface area contributed by atoms with Crippen molar-refractivity contribution in [2.24, 2.45) is 5.41 Å². The number of carboxylic acid groups (broad SMARTS) is 1. The maximum atomic E-state index is 14.1. The van der Waals surface area contributed by atoms with Crippen LogP contribution in [0.5, 0.6) is 0 Å². The second kappa shape index (κ2) is 6.89. The van der Waals surface area contributed by atoms with E-state index in [-0.39, 0.29) is 19.1 Å². The van der Waals surface area contributed by atoms with Crippen LogP contribution in [0.25, 0.3) is 0 Å². The lowest BCUT2D eigenvalue weighted by atomic mass is 9.78. The highest BCUT2D eigenvalue weighted by atomic mass is 19.1. The number of halogens is 1. The van der Waals surface area contributed by atoms with Crippen molar-refractivity contribution in [1.82, 2.24) is 4.90 Å². The number of carbonyl (C=O) groups is 2. The molecule has 0 saturated carbocycles. The van der Waals surface area contributed by atoms with Gasteiger partial charge in [0.05, 0.1) is 12.0 Å². The number of rotatable bonds is 5. The molecular weight excluding hydrogens is 313 g/mol. The summed E-state index contributed by atoms with van der Waals surface area (Å²) in [4.78, 5) is 26.3. The summed E-state index contributed by atoms with van der Waals surface area (Å²) in [6, 6.07) is 6.19. The highest BCUT2D eigenvalue weighted by Crippen LogP contribution is 2.35. The van der Waals surface area contributed by atoms with Gasteiger partial charge in [0.15, 0.2) is 0 Å². The first-order chi connectivity index (χ1) is 11.2. The predicted octanol–water partition coefficient (Wildman–Crippen LogP) is 2.44. The van der Waals surface area contributed by atoms with Gasteiger partial charge in [0.2, 0.25) is 5.91 Å². The van der Waals surface area contributed by atoms with Crippen LogP contribution in [0.15, 0.2) is 24.3 Å². The number of likely N-dealkylation sites (tertiary alicyclic amines) is 1. The number of piperidine rings is 1. The molecule has 1 aromatic carbocycles. The molecule has 1 N–H and O–H groups in total. The Balaban J connectivity index is 2.28. The Morgan fingerprint density at radius 1 is 1.38 bits per heavy atom. The van der Waals surface area contributed by atoms with Gasteiger partial charge in [-0.15, -0.1) is 0 Å². The molecule has 132 valence electrons. The molecule has 1 heterocycles. The summed E-state index contributed by atoms with van der Waals surface area (Å²) < 4.78 is 19.2. The van der Waals surface area contributed by atoms with E-state index in [2.05, 4.69) is 0 Å². The fourth-order valence-electron chi connectivity index (χ4n) is 3.41. The highest BCUT2D eigenvalue weighted by Gasteiger charge is 2.46. The summed E-state index contributed by atoms with van der Waals surface area (Å²) in [5, 5.41) is 9.61. The van der Waals surface area contributed by atoms with Crippen LogP contribution in [0.1, 0.15) is 32.3 Å². The molecule has 0 aliphatic carbocycles. The van der Waals surface area contributed by atoms with Crippen LogP contribution in [-0.2, 0) is 19.7 Å². The Morgan fingerprint density at radius 2 is 2.04 bits per heavy atom. The largest absolute Gasteiger partial charge is 0.481 e. The van der Waals surface area contributed by atoms with E-state index >= 15 is 0 Å². The fourth-order valence-corrected chi connectivity index (χ4v) is 3.41. The standard InChI is InChI=1S/C18H24FNO4/c1-17(2,13-7-4-5-8-14(13)19)15(21)20-10-6-9-18(11-20,12-24-3)16(22)23/h4-5,7-8H,6,9-12H2,1-3H3,(H,22,23). The van der Waals surface area contributed by atoms with Crippen LogP contribution in [0.4, 0.5) is 4.39 Å². The molecule has 1 aliphatic heterocycles. The van der Waals surface area contributed by atoms with Gasteiger partial charge in [0.25, 0.3) is 0 Å². The zero-order valence-corrected chi connectivity index (χ0v) is 14.3. The topological polar surface area (TPSA) is 66.8 Å². The van der Waals surface area contributed by atoms with E-state index in [1.807, 2.05) is 0 Å². The molecule has 6 heteroatoms. The molecule has 0 aromatic heterocycles. The van der Waals surface area contributed by atoms with Crippen LogP contribution >= 0.6 is 0 Å². The van der Waals surface area contributed by atoms with Crippen molar-refractivity contribution in [3.05, 3.63) is 35.6 Å². The quantitative estimate of drug-likeness (QED) is 0.896. The van der Waals surface area contributed by atoms with E-state index in [4.69, 9.17) is 4.74 Å². The molecule has 1 aliphatic rings. The molecule has 1 aromatic rings. The fraction of sp³-hybridized carbons (Fsp3) is 0.556. The van der Waals surface area contributed by atoms with Crippen molar-refractivity contribution in [1.29, 1.82) is 0 Å². The molecule has 0 spiro atoms. The van der Waals surface area contributed by atoms with Gasteiger partial charge in [0, 0.05) is 25.8 Å². The molecule has 2 rings (SSSR count). The minimum atomic E-state index is -1.10. The first kappa shape index (κ1) is 18.4. The van der Waals surface area contributed by atoms with Crippen LogP contribution in [0.3, 0.4) is 0 Å². The summed E-state index contributed by atoms with van der Waals surface area (Å²) in [6.07, 6.45) is 1.04. The zero-order chi connectivity index (χ0) is 18.0. The van der Waals surface area contributed by atoms with Gasteiger partial charge >= 0.3 is 5.97 Å². The van der Waals surface area contributed by atoms with Gasteiger partial charge in [0.1, 0.15) is 11.2 Å². The lowest BCUT2D eigenvalue weighted by Gasteiger charge is -2.42. The van der Waals surface area contributed by atoms with Crippen LogP contribution in [0.2, 0.25) is 0 Å². The SMILES string of the molecule is COCC1(C(=O)O)CCCN(C(=O)C(C)(C)c2ccccc2F)C1. The molecular formula is C18H24FNO4. The van der Waals surface area contributed by atoms with Gasteiger partial charge in [-0.1, -0.05) is 18.2 Å². The zero-order valence-electron chi connectivity index (χ0n) is 14.3. The predicted molar refractivity (Wildman–Crippen MR) is 87.2 cm³/mol. The van der Waals surface area contributed by atoms with Crippen molar-refractivity contribution < 1.29 is 23.8 Å². The van der Waals surface area contributed by atoms with E-state index < -0.39 is 22.6 Å². The second-order valence-corrected chi connectivity index (χ2v) is 6.95. The summed E-state index contributed by atoms with van der Waals surface area (Å²) >= 11 is 0. The van der Waals surface area contributed by atoms with E-state index in [1.54, 1.807) is 32.0 Å². The van der Waals surface area contributed by atoms with Crippen LogP contribution in [0, 0.1) is 11.2 Å². The number of ether oxygens (including phenoxy) is 1. The third-order valence-electron chi connectivity index (χ3n) is 4.82. The van der Waals surface area contributed by atoms with E-state index in [9.17, 15) is 19.1 Å². The summed E-state index contributed by atoms with van der Waals surface area (Å²) in [7, 11) is 1.45. The first-order valence-electron chi connectivity index (χ1n) is 8.01. The smallest absolute Gasteiger partial charge is 0.313 e. The number of hydrogen-bond donors (Lipinski definition) is 1. The summed E-state index contributed by atoms with van der Waals surface area (Å²) in [5.74, 6) is -1.67.